The van der Waals surface area contributed by atoms with E-state index in [-0.39, 0.29) is 12.5 Å². The number of amides is 4. The molecule has 1 aliphatic rings. The molecule has 0 fully saturated rings. The van der Waals surface area contributed by atoms with Crippen molar-refractivity contribution in [2.45, 2.75) is 25.8 Å². The highest BCUT2D eigenvalue weighted by molar-refractivity contribution is 5.96. The van der Waals surface area contributed by atoms with Crippen molar-refractivity contribution in [3.63, 3.8) is 0 Å². The average Bonchev–Trinajstić information content (AvgIpc) is 3.12. The lowest BCUT2D eigenvalue weighted by Gasteiger charge is -2.19. The Kier molecular flexibility index (Phi) is 6.12. The van der Waals surface area contributed by atoms with Crippen molar-refractivity contribution >= 4 is 23.4 Å². The maximum absolute atomic E-state index is 12.5. The fraction of sp³-hybridized carbons (Fsp3) is 0.286. The molecule has 3 rings (SSSR count). The highest BCUT2D eigenvalue weighted by Crippen LogP contribution is 2.31. The van der Waals surface area contributed by atoms with Crippen molar-refractivity contribution in [1.29, 1.82) is 5.26 Å². The summed E-state index contributed by atoms with van der Waals surface area (Å²) in [4.78, 5) is 26.3. The second-order valence-corrected chi connectivity index (χ2v) is 6.50. The summed E-state index contributed by atoms with van der Waals surface area (Å²) in [6.45, 7) is 3.06. The summed E-state index contributed by atoms with van der Waals surface area (Å²) in [5, 5.41) is 17.5. The summed E-state index contributed by atoms with van der Waals surface area (Å²) in [6, 6.07) is 16.1. The number of urea groups is 2. The summed E-state index contributed by atoms with van der Waals surface area (Å²) in [6.07, 6.45) is 0.962. The zero-order chi connectivity index (χ0) is 19.9. The van der Waals surface area contributed by atoms with Crippen LogP contribution in [0.4, 0.5) is 21.0 Å². The molecule has 7 heteroatoms. The van der Waals surface area contributed by atoms with Gasteiger partial charge < -0.3 is 16.0 Å². The van der Waals surface area contributed by atoms with Crippen LogP contribution in [0.25, 0.3) is 0 Å². The highest BCUT2D eigenvalue weighted by atomic mass is 16.2. The Bertz CT molecular complexity index is 891. The van der Waals surface area contributed by atoms with Gasteiger partial charge in [0.2, 0.25) is 0 Å². The minimum atomic E-state index is -0.397. The van der Waals surface area contributed by atoms with Crippen molar-refractivity contribution in [3.8, 4) is 6.07 Å². The zero-order valence-corrected chi connectivity index (χ0v) is 15.7. The van der Waals surface area contributed by atoms with Gasteiger partial charge in [-0.1, -0.05) is 36.4 Å². The molecule has 3 N–H and O–H groups in total. The largest absolute Gasteiger partial charge is 0.338 e. The third-order valence-corrected chi connectivity index (χ3v) is 4.61. The summed E-state index contributed by atoms with van der Waals surface area (Å²) >= 11 is 0. The predicted molar refractivity (Wildman–Crippen MR) is 108 cm³/mol. The van der Waals surface area contributed by atoms with Crippen molar-refractivity contribution in [3.05, 3.63) is 59.7 Å². The van der Waals surface area contributed by atoms with Crippen molar-refractivity contribution < 1.29 is 9.59 Å². The summed E-state index contributed by atoms with van der Waals surface area (Å²) in [5.41, 5.74) is 3.34. The van der Waals surface area contributed by atoms with Crippen LogP contribution in [0, 0.1) is 11.3 Å². The van der Waals surface area contributed by atoms with E-state index in [1.807, 2.05) is 49.4 Å². The first-order valence-corrected chi connectivity index (χ1v) is 9.30. The maximum Gasteiger partial charge on any atom is 0.321 e. The number of hydrogen-bond acceptors (Lipinski definition) is 3. The molecule has 0 unspecified atom stereocenters. The molecule has 0 saturated carbocycles. The molecule has 2 aromatic rings. The van der Waals surface area contributed by atoms with Gasteiger partial charge in [0.05, 0.1) is 24.2 Å². The Morgan fingerprint density at radius 2 is 2.00 bits per heavy atom. The Hall–Kier alpha value is -3.53. The van der Waals surface area contributed by atoms with Crippen molar-refractivity contribution in [1.82, 2.24) is 10.6 Å². The van der Waals surface area contributed by atoms with E-state index in [0.717, 1.165) is 23.2 Å². The molecule has 7 nitrogen and oxygen atoms in total. The Labute approximate surface area is 164 Å². The van der Waals surface area contributed by atoms with Crippen LogP contribution in [0.1, 0.15) is 30.5 Å². The molecule has 0 radical (unpaired) electrons. The van der Waals surface area contributed by atoms with Crippen LogP contribution in [0.3, 0.4) is 0 Å². The van der Waals surface area contributed by atoms with Crippen LogP contribution in [0.2, 0.25) is 0 Å². The van der Waals surface area contributed by atoms with Crippen LogP contribution >= 0.6 is 0 Å². The Morgan fingerprint density at radius 1 is 1.21 bits per heavy atom. The van der Waals surface area contributed by atoms with Crippen LogP contribution in [0.15, 0.2) is 48.5 Å². The number of carbonyl (C=O) groups is 2. The monoisotopic (exact) mass is 377 g/mol. The number of benzene rings is 2. The molecule has 1 heterocycles. The molecule has 0 aromatic heterocycles. The van der Waals surface area contributed by atoms with Crippen molar-refractivity contribution in [2.75, 3.05) is 23.3 Å². The normalized spacial score (nSPS) is 13.2. The number of fused-ring (bicyclic) bond motifs is 1. The molecule has 1 aliphatic heterocycles. The van der Waals surface area contributed by atoms with Crippen LogP contribution in [-0.4, -0.2) is 25.2 Å². The van der Waals surface area contributed by atoms with Gasteiger partial charge in [0.25, 0.3) is 0 Å². The van der Waals surface area contributed by atoms with Gasteiger partial charge in [-0.2, -0.15) is 5.26 Å². The number of hydrogen-bond donors (Lipinski definition) is 3. The number of rotatable bonds is 5. The third-order valence-electron chi connectivity index (χ3n) is 4.61. The number of nitrogens with one attached hydrogen (secondary N) is 3. The number of nitriles is 1. The number of carbonyl (C=O) groups excluding carboxylic acids is 2. The predicted octanol–water partition coefficient (Wildman–Crippen LogP) is 3.56. The molecule has 0 bridgehead atoms. The molecule has 2 aromatic carbocycles. The molecule has 0 aliphatic carbocycles. The lowest BCUT2D eigenvalue weighted by Crippen LogP contribution is -2.38. The van der Waals surface area contributed by atoms with Gasteiger partial charge >= 0.3 is 12.1 Å². The second kappa shape index (κ2) is 8.91. The molecule has 28 heavy (non-hydrogen) atoms. The number of anilines is 2. The van der Waals surface area contributed by atoms with Gasteiger partial charge in [0.1, 0.15) is 0 Å². The van der Waals surface area contributed by atoms with E-state index in [9.17, 15) is 9.59 Å². The van der Waals surface area contributed by atoms with Gasteiger partial charge in [-0.25, -0.2) is 9.59 Å². The number of nitrogens with zero attached hydrogens (tertiary/aromatic N) is 2. The smallest absolute Gasteiger partial charge is 0.321 e. The molecule has 4 amide bonds. The second-order valence-electron chi connectivity index (χ2n) is 6.50. The first kappa shape index (κ1) is 19.2. The van der Waals surface area contributed by atoms with Crippen molar-refractivity contribution in [2.24, 2.45) is 0 Å². The molecule has 1 atom stereocenters. The van der Waals surface area contributed by atoms with E-state index in [2.05, 4.69) is 22.0 Å². The first-order chi connectivity index (χ1) is 13.6. The van der Waals surface area contributed by atoms with Gasteiger partial charge in [0.15, 0.2) is 0 Å². The molecule has 144 valence electrons. The van der Waals surface area contributed by atoms with Gasteiger partial charge in [-0.05, 0) is 36.6 Å². The highest BCUT2D eigenvalue weighted by Gasteiger charge is 2.24. The minimum Gasteiger partial charge on any atom is -0.338 e. The van der Waals surface area contributed by atoms with Gasteiger partial charge in [0, 0.05) is 18.8 Å². The lowest BCUT2D eigenvalue weighted by atomic mass is 10.0. The Balaban J connectivity index is 1.70. The zero-order valence-electron chi connectivity index (χ0n) is 15.7. The molecule has 0 spiro atoms. The van der Waals surface area contributed by atoms with E-state index in [0.29, 0.717) is 18.8 Å². The summed E-state index contributed by atoms with van der Waals surface area (Å²) in [7, 11) is 0. The van der Waals surface area contributed by atoms with E-state index in [1.165, 1.54) is 0 Å². The molecular formula is C21H23N5O2. The quantitative estimate of drug-likeness (QED) is 0.743. The van der Waals surface area contributed by atoms with Crippen LogP contribution in [0.5, 0.6) is 0 Å². The fourth-order valence-electron chi connectivity index (χ4n) is 3.27. The maximum atomic E-state index is 12.5. The van der Waals surface area contributed by atoms with E-state index in [1.54, 1.807) is 11.0 Å². The van der Waals surface area contributed by atoms with E-state index < -0.39 is 12.1 Å². The SMILES string of the molecule is CCNC(=O)N1CCc2ccc(NC(=O)N[C@H](CC#N)c3ccccc3)cc21. The molecular weight excluding hydrogens is 354 g/mol. The minimum absolute atomic E-state index is 0.138. The third kappa shape index (κ3) is 4.41. The standard InChI is InChI=1S/C21H23N5O2/c1-2-23-21(28)26-13-11-16-8-9-17(14-19(16)26)24-20(27)25-18(10-12-22)15-6-4-3-5-7-15/h3-9,14,18H,2,10-11,13H2,1H3,(H,23,28)(H2,24,25,27)/t18-/m1/s1. The van der Waals surface area contributed by atoms with Crippen LogP contribution < -0.4 is 20.9 Å². The average molecular weight is 377 g/mol. The summed E-state index contributed by atoms with van der Waals surface area (Å²) < 4.78 is 0. The van der Waals surface area contributed by atoms with Gasteiger partial charge in [-0.3, -0.25) is 4.90 Å². The topological polar surface area (TPSA) is 97.3 Å². The molecule has 0 saturated heterocycles. The first-order valence-electron chi connectivity index (χ1n) is 9.30. The summed E-state index contributed by atoms with van der Waals surface area (Å²) in [5.74, 6) is 0. The fourth-order valence-corrected chi connectivity index (χ4v) is 3.27. The van der Waals surface area contributed by atoms with E-state index >= 15 is 0 Å². The van der Waals surface area contributed by atoms with Crippen LogP contribution in [-0.2, 0) is 6.42 Å². The lowest BCUT2D eigenvalue weighted by molar-refractivity contribution is 0.247. The van der Waals surface area contributed by atoms with Gasteiger partial charge in [-0.15, -0.1) is 0 Å². The Morgan fingerprint density at radius 3 is 2.71 bits per heavy atom. The van der Waals surface area contributed by atoms with E-state index in [4.69, 9.17) is 5.26 Å².